The van der Waals surface area contributed by atoms with E-state index in [9.17, 15) is 13.2 Å². The maximum atomic E-state index is 12.5. The Morgan fingerprint density at radius 3 is 2.12 bits per heavy atom. The number of aryl methyl sites for hydroxylation is 1. The van der Waals surface area contributed by atoms with Crippen LogP contribution in [0.3, 0.4) is 0 Å². The highest BCUT2D eigenvalue weighted by Gasteiger charge is 2.32. The molecule has 0 amide bonds. The van der Waals surface area contributed by atoms with Crippen LogP contribution in [0.25, 0.3) is 0 Å². The number of hydrogen-bond acceptors (Lipinski definition) is 2. The summed E-state index contributed by atoms with van der Waals surface area (Å²) in [6.45, 7) is 3.83. The van der Waals surface area contributed by atoms with E-state index in [1.807, 2.05) is 25.3 Å². The first-order valence-electron chi connectivity index (χ1n) is 4.93. The standard InChI is InChI=1S/C12H10F3S2/c1-7-3-10(16-5-7)8(2)11-4-9(6-17-11)12(13,14)15/h3-6H,1-2H3. The third-order valence-electron chi connectivity index (χ3n) is 2.40. The summed E-state index contributed by atoms with van der Waals surface area (Å²) in [5.41, 5.74) is 0.571. The lowest BCUT2D eigenvalue weighted by molar-refractivity contribution is -0.137. The molecule has 0 fully saturated rings. The minimum absolute atomic E-state index is 0.565. The fourth-order valence-electron chi connectivity index (χ4n) is 1.43. The van der Waals surface area contributed by atoms with Crippen molar-refractivity contribution >= 4 is 22.7 Å². The Kier molecular flexibility index (Phi) is 3.32. The molecule has 2 aromatic rings. The van der Waals surface area contributed by atoms with Gasteiger partial charge in [-0.1, -0.05) is 0 Å². The van der Waals surface area contributed by atoms with Gasteiger partial charge in [0.2, 0.25) is 0 Å². The number of hydrogen-bond donors (Lipinski definition) is 0. The average molecular weight is 275 g/mol. The zero-order valence-corrected chi connectivity index (χ0v) is 10.9. The Hall–Kier alpha value is -0.810. The van der Waals surface area contributed by atoms with Gasteiger partial charge in [-0.05, 0) is 36.9 Å². The maximum Gasteiger partial charge on any atom is 0.417 e. The van der Waals surface area contributed by atoms with Crippen molar-refractivity contribution in [1.82, 2.24) is 0 Å². The van der Waals surface area contributed by atoms with E-state index in [-0.39, 0.29) is 0 Å². The van der Waals surface area contributed by atoms with Crippen molar-refractivity contribution in [3.05, 3.63) is 49.7 Å². The Morgan fingerprint density at radius 2 is 1.65 bits per heavy atom. The van der Waals surface area contributed by atoms with Gasteiger partial charge in [0, 0.05) is 15.1 Å². The molecule has 0 spiro atoms. The van der Waals surface area contributed by atoms with Gasteiger partial charge in [-0.2, -0.15) is 13.2 Å². The molecule has 91 valence electrons. The van der Waals surface area contributed by atoms with Crippen LogP contribution in [-0.2, 0) is 6.18 Å². The predicted octanol–water partition coefficient (Wildman–Crippen LogP) is 5.13. The number of rotatable bonds is 2. The van der Waals surface area contributed by atoms with E-state index in [2.05, 4.69) is 0 Å². The highest BCUT2D eigenvalue weighted by Crippen LogP contribution is 2.37. The van der Waals surface area contributed by atoms with Gasteiger partial charge in [0.1, 0.15) is 0 Å². The summed E-state index contributed by atoms with van der Waals surface area (Å²) in [5.74, 6) is 0.906. The molecule has 0 aromatic carbocycles. The summed E-state index contributed by atoms with van der Waals surface area (Å²) in [5, 5.41) is 3.16. The monoisotopic (exact) mass is 275 g/mol. The molecule has 0 saturated heterocycles. The van der Waals surface area contributed by atoms with E-state index in [1.165, 1.54) is 11.4 Å². The van der Waals surface area contributed by atoms with Crippen molar-refractivity contribution < 1.29 is 13.2 Å². The Balaban J connectivity index is 2.26. The first-order chi connectivity index (χ1) is 7.88. The predicted molar refractivity (Wildman–Crippen MR) is 65.5 cm³/mol. The molecule has 0 bridgehead atoms. The molecule has 2 aromatic heterocycles. The molecule has 0 unspecified atom stereocenters. The molecule has 1 radical (unpaired) electrons. The van der Waals surface area contributed by atoms with Crippen LogP contribution in [0.5, 0.6) is 0 Å². The molecule has 0 aliphatic rings. The summed E-state index contributed by atoms with van der Waals surface area (Å²) in [7, 11) is 0. The largest absolute Gasteiger partial charge is 0.417 e. The molecule has 0 aliphatic heterocycles. The molecule has 17 heavy (non-hydrogen) atoms. The lowest BCUT2D eigenvalue weighted by Gasteiger charge is -2.05. The number of halogens is 3. The van der Waals surface area contributed by atoms with Gasteiger partial charge in [-0.25, -0.2) is 0 Å². The van der Waals surface area contributed by atoms with Crippen LogP contribution in [0.15, 0.2) is 22.9 Å². The fraction of sp³-hybridized carbons (Fsp3) is 0.250. The number of thiophene rings is 2. The van der Waals surface area contributed by atoms with Gasteiger partial charge in [0.25, 0.3) is 0 Å². The third-order valence-corrected chi connectivity index (χ3v) is 4.61. The van der Waals surface area contributed by atoms with Crippen LogP contribution >= 0.6 is 22.7 Å². The van der Waals surface area contributed by atoms with Gasteiger partial charge in [-0.3, -0.25) is 0 Å². The molecular formula is C12H10F3S2. The molecule has 0 saturated carbocycles. The van der Waals surface area contributed by atoms with Gasteiger partial charge < -0.3 is 0 Å². The van der Waals surface area contributed by atoms with Crippen LogP contribution in [0.1, 0.15) is 27.8 Å². The quantitative estimate of drug-likeness (QED) is 0.713. The SMILES string of the molecule is C[C](c1cc(C)cs1)c1cc(C(F)(F)F)cs1. The van der Waals surface area contributed by atoms with Gasteiger partial charge in [0.15, 0.2) is 0 Å². The van der Waals surface area contributed by atoms with Crippen molar-refractivity contribution in [3.8, 4) is 0 Å². The fourth-order valence-corrected chi connectivity index (χ4v) is 3.35. The van der Waals surface area contributed by atoms with Crippen molar-refractivity contribution in [2.45, 2.75) is 20.0 Å². The first-order valence-corrected chi connectivity index (χ1v) is 6.69. The Bertz CT molecular complexity index is 508. The minimum atomic E-state index is -4.25. The molecular weight excluding hydrogens is 265 g/mol. The van der Waals surface area contributed by atoms with E-state index in [1.54, 1.807) is 11.3 Å². The second-order valence-corrected chi connectivity index (χ2v) is 5.63. The van der Waals surface area contributed by atoms with Crippen LogP contribution in [0, 0.1) is 12.8 Å². The minimum Gasteiger partial charge on any atom is -0.166 e. The van der Waals surface area contributed by atoms with Crippen LogP contribution in [-0.4, -0.2) is 0 Å². The molecule has 0 atom stereocenters. The number of alkyl halides is 3. The lowest BCUT2D eigenvalue weighted by Crippen LogP contribution is -2.02. The normalized spacial score (nSPS) is 12.4. The van der Waals surface area contributed by atoms with Crippen molar-refractivity contribution in [2.75, 3.05) is 0 Å². The first kappa shape index (κ1) is 12.6. The summed E-state index contributed by atoms with van der Waals surface area (Å²) < 4.78 is 37.4. The summed E-state index contributed by atoms with van der Waals surface area (Å²) in [6.07, 6.45) is -4.25. The zero-order chi connectivity index (χ0) is 12.6. The highest BCUT2D eigenvalue weighted by atomic mass is 32.1. The third kappa shape index (κ3) is 2.72. The van der Waals surface area contributed by atoms with E-state index in [0.29, 0.717) is 4.88 Å². The van der Waals surface area contributed by atoms with Gasteiger partial charge in [0.05, 0.1) is 11.5 Å². The Morgan fingerprint density at radius 1 is 1.06 bits per heavy atom. The molecule has 0 N–H and O–H groups in total. The van der Waals surface area contributed by atoms with Crippen molar-refractivity contribution in [1.29, 1.82) is 0 Å². The topological polar surface area (TPSA) is 0 Å². The van der Waals surface area contributed by atoms with Gasteiger partial charge >= 0.3 is 6.18 Å². The summed E-state index contributed by atoms with van der Waals surface area (Å²) in [6, 6.07) is 3.21. The van der Waals surface area contributed by atoms with E-state index >= 15 is 0 Å². The second-order valence-electron chi connectivity index (χ2n) is 3.81. The molecule has 0 nitrogen and oxygen atoms in total. The Labute approximate surface area is 106 Å². The smallest absolute Gasteiger partial charge is 0.166 e. The second kappa shape index (κ2) is 4.46. The summed E-state index contributed by atoms with van der Waals surface area (Å²) in [4.78, 5) is 1.71. The van der Waals surface area contributed by atoms with E-state index in [4.69, 9.17) is 0 Å². The molecule has 2 heterocycles. The van der Waals surface area contributed by atoms with E-state index < -0.39 is 11.7 Å². The lowest BCUT2D eigenvalue weighted by atomic mass is 10.1. The molecule has 5 heteroatoms. The van der Waals surface area contributed by atoms with Crippen LogP contribution < -0.4 is 0 Å². The summed E-state index contributed by atoms with van der Waals surface area (Å²) >= 11 is 2.70. The highest BCUT2D eigenvalue weighted by molar-refractivity contribution is 7.12. The van der Waals surface area contributed by atoms with E-state index in [0.717, 1.165) is 27.7 Å². The average Bonchev–Trinajstić information content (AvgIpc) is 2.83. The molecule has 2 rings (SSSR count). The van der Waals surface area contributed by atoms with Crippen molar-refractivity contribution in [3.63, 3.8) is 0 Å². The van der Waals surface area contributed by atoms with Crippen molar-refractivity contribution in [2.24, 2.45) is 0 Å². The zero-order valence-electron chi connectivity index (χ0n) is 9.26. The maximum absolute atomic E-state index is 12.5. The molecule has 0 aliphatic carbocycles. The van der Waals surface area contributed by atoms with Crippen LogP contribution in [0.4, 0.5) is 13.2 Å². The van der Waals surface area contributed by atoms with Crippen LogP contribution in [0.2, 0.25) is 0 Å². The van der Waals surface area contributed by atoms with Gasteiger partial charge in [-0.15, -0.1) is 22.7 Å².